The molecule has 25 heavy (non-hydrogen) atoms. The van der Waals surface area contributed by atoms with E-state index in [1.54, 1.807) is 12.1 Å². The molecule has 1 atom stereocenters. The smallest absolute Gasteiger partial charge is 0.387 e. The summed E-state index contributed by atoms with van der Waals surface area (Å²) in [5, 5.41) is 3.20. The zero-order valence-corrected chi connectivity index (χ0v) is 15.0. The molecule has 0 radical (unpaired) electrons. The predicted octanol–water partition coefficient (Wildman–Crippen LogP) is 5.65. The summed E-state index contributed by atoms with van der Waals surface area (Å²) < 4.78 is 34.1. The van der Waals surface area contributed by atoms with E-state index >= 15 is 0 Å². The molecule has 1 N–H and O–H groups in total. The van der Waals surface area contributed by atoms with Gasteiger partial charge in [-0.3, -0.25) is 4.79 Å². The van der Waals surface area contributed by atoms with Gasteiger partial charge >= 0.3 is 6.61 Å². The van der Waals surface area contributed by atoms with Crippen molar-refractivity contribution in [1.29, 1.82) is 0 Å². The molecule has 2 rings (SSSR count). The van der Waals surface area contributed by atoms with Crippen molar-refractivity contribution in [3.8, 4) is 11.5 Å². The number of carbonyl (C=O) groups excluding carboxylic acids is 1. The number of alkyl halides is 2. The van der Waals surface area contributed by atoms with E-state index in [-0.39, 0.29) is 15.8 Å². The van der Waals surface area contributed by atoms with Gasteiger partial charge in [0.05, 0.1) is 10.0 Å². The van der Waals surface area contributed by atoms with Crippen LogP contribution < -0.4 is 14.8 Å². The first kappa shape index (κ1) is 19.6. The number of anilines is 1. The second-order valence-electron chi connectivity index (χ2n) is 4.85. The third kappa shape index (κ3) is 5.63. The number of carbonyl (C=O) groups is 1. The number of benzene rings is 2. The van der Waals surface area contributed by atoms with Crippen molar-refractivity contribution < 1.29 is 23.0 Å². The van der Waals surface area contributed by atoms with Gasteiger partial charge in [0.2, 0.25) is 0 Å². The van der Waals surface area contributed by atoms with Gasteiger partial charge in [0.1, 0.15) is 11.5 Å². The first-order valence-electron chi connectivity index (χ1n) is 6.93. The Morgan fingerprint density at radius 2 is 1.60 bits per heavy atom. The Labute approximate surface area is 157 Å². The summed E-state index contributed by atoms with van der Waals surface area (Å²) in [5.74, 6) is -0.371. The predicted molar refractivity (Wildman–Crippen MR) is 93.3 cm³/mol. The summed E-state index contributed by atoms with van der Waals surface area (Å²) in [5.41, 5.74) is 0.300. The van der Waals surface area contributed by atoms with E-state index in [0.717, 1.165) is 0 Å². The number of rotatable bonds is 6. The standard InChI is InChI=1S/C16H12Cl3F2NO3/c1-8(24-13-4-2-9(17)6-11(13)18)15(23)22-10-3-5-14(12(19)7-10)25-16(20)21/h2-8,16H,1H3,(H,22,23)/t8-/m1/s1. The van der Waals surface area contributed by atoms with Gasteiger partial charge in [-0.25, -0.2) is 0 Å². The maximum Gasteiger partial charge on any atom is 0.387 e. The van der Waals surface area contributed by atoms with Crippen LogP contribution in [0.1, 0.15) is 6.92 Å². The van der Waals surface area contributed by atoms with E-state index in [4.69, 9.17) is 39.5 Å². The summed E-state index contributed by atoms with van der Waals surface area (Å²) in [4.78, 5) is 12.2. The molecule has 0 unspecified atom stereocenters. The summed E-state index contributed by atoms with van der Waals surface area (Å²) in [6.07, 6.45) is -0.880. The second-order valence-corrected chi connectivity index (χ2v) is 6.10. The summed E-state index contributed by atoms with van der Waals surface area (Å²) >= 11 is 17.6. The molecule has 134 valence electrons. The number of nitrogens with one attached hydrogen (secondary N) is 1. The van der Waals surface area contributed by atoms with Crippen LogP contribution in [0.4, 0.5) is 14.5 Å². The SMILES string of the molecule is C[C@@H](Oc1ccc(Cl)cc1Cl)C(=O)Nc1ccc(OC(F)F)c(Cl)c1. The van der Waals surface area contributed by atoms with Crippen LogP contribution >= 0.6 is 34.8 Å². The van der Waals surface area contributed by atoms with E-state index in [1.165, 1.54) is 31.2 Å². The van der Waals surface area contributed by atoms with Crippen LogP contribution in [-0.4, -0.2) is 18.6 Å². The normalized spacial score (nSPS) is 12.0. The lowest BCUT2D eigenvalue weighted by atomic mass is 10.2. The van der Waals surface area contributed by atoms with Gasteiger partial charge in [-0.05, 0) is 43.3 Å². The highest BCUT2D eigenvalue weighted by atomic mass is 35.5. The highest BCUT2D eigenvalue weighted by Crippen LogP contribution is 2.30. The van der Waals surface area contributed by atoms with Crippen LogP contribution in [-0.2, 0) is 4.79 Å². The zero-order valence-electron chi connectivity index (χ0n) is 12.7. The first-order valence-corrected chi connectivity index (χ1v) is 8.06. The molecule has 0 fully saturated rings. The van der Waals surface area contributed by atoms with Gasteiger partial charge in [-0.2, -0.15) is 8.78 Å². The van der Waals surface area contributed by atoms with Gasteiger partial charge in [0, 0.05) is 10.7 Å². The molecule has 9 heteroatoms. The number of hydrogen-bond donors (Lipinski definition) is 1. The number of halogens is 5. The van der Waals surface area contributed by atoms with Crippen LogP contribution in [0.5, 0.6) is 11.5 Å². The lowest BCUT2D eigenvalue weighted by molar-refractivity contribution is -0.122. The van der Waals surface area contributed by atoms with Gasteiger partial charge in [0.25, 0.3) is 5.91 Å². The van der Waals surface area contributed by atoms with Crippen LogP contribution in [0.3, 0.4) is 0 Å². The minimum atomic E-state index is -2.99. The van der Waals surface area contributed by atoms with E-state index in [9.17, 15) is 13.6 Å². The van der Waals surface area contributed by atoms with Gasteiger partial charge in [0.15, 0.2) is 6.10 Å². The Balaban J connectivity index is 2.02. The largest absolute Gasteiger partial charge is 0.479 e. The fourth-order valence-electron chi connectivity index (χ4n) is 1.83. The minimum Gasteiger partial charge on any atom is -0.479 e. The molecule has 0 aliphatic heterocycles. The third-order valence-corrected chi connectivity index (χ3v) is 3.81. The van der Waals surface area contributed by atoms with Gasteiger partial charge in [-0.1, -0.05) is 34.8 Å². The Kier molecular flexibility index (Phi) is 6.70. The molecule has 0 spiro atoms. The number of amides is 1. The van der Waals surface area contributed by atoms with Crippen LogP contribution in [0, 0.1) is 0 Å². The first-order chi connectivity index (χ1) is 11.8. The maximum absolute atomic E-state index is 12.2. The molecule has 4 nitrogen and oxygen atoms in total. The highest BCUT2D eigenvalue weighted by molar-refractivity contribution is 6.35. The van der Waals surface area contributed by atoms with E-state index in [0.29, 0.717) is 16.5 Å². The summed E-state index contributed by atoms with van der Waals surface area (Å²) in [7, 11) is 0. The number of hydrogen-bond acceptors (Lipinski definition) is 3. The van der Waals surface area contributed by atoms with Crippen molar-refractivity contribution in [2.75, 3.05) is 5.32 Å². The van der Waals surface area contributed by atoms with Crippen LogP contribution in [0.25, 0.3) is 0 Å². The van der Waals surface area contributed by atoms with Crippen molar-refractivity contribution in [1.82, 2.24) is 0 Å². The number of ether oxygens (including phenoxy) is 2. The molecule has 1 amide bonds. The second kappa shape index (κ2) is 8.56. The maximum atomic E-state index is 12.2. The zero-order chi connectivity index (χ0) is 18.6. The van der Waals surface area contributed by atoms with Gasteiger partial charge in [-0.15, -0.1) is 0 Å². The molecular formula is C16H12Cl3F2NO3. The lowest BCUT2D eigenvalue weighted by Gasteiger charge is -2.16. The molecule has 0 aliphatic rings. The molecule has 0 aromatic heterocycles. The lowest BCUT2D eigenvalue weighted by Crippen LogP contribution is -2.30. The Bertz CT molecular complexity index is 774. The van der Waals surface area contributed by atoms with E-state index in [1.807, 2.05) is 0 Å². The van der Waals surface area contributed by atoms with Crippen molar-refractivity contribution >= 4 is 46.4 Å². The summed E-state index contributed by atoms with van der Waals surface area (Å²) in [6.45, 7) is -1.47. The third-order valence-electron chi connectivity index (χ3n) is 2.98. The minimum absolute atomic E-state index is 0.0626. The fourth-order valence-corrected chi connectivity index (χ4v) is 2.51. The quantitative estimate of drug-likeness (QED) is 0.669. The van der Waals surface area contributed by atoms with Crippen LogP contribution in [0.2, 0.25) is 15.1 Å². The molecule has 2 aromatic rings. The Morgan fingerprint density at radius 3 is 2.20 bits per heavy atom. The molecular weight excluding hydrogens is 399 g/mol. The average molecular weight is 411 g/mol. The Morgan fingerprint density at radius 1 is 1.00 bits per heavy atom. The van der Waals surface area contributed by atoms with Crippen molar-refractivity contribution in [2.45, 2.75) is 19.6 Å². The molecule has 2 aromatic carbocycles. The topological polar surface area (TPSA) is 47.6 Å². The molecule has 0 aliphatic carbocycles. The van der Waals surface area contributed by atoms with E-state index in [2.05, 4.69) is 10.1 Å². The Hall–Kier alpha value is -1.76. The molecule has 0 saturated heterocycles. The summed E-state index contributed by atoms with van der Waals surface area (Å²) in [6, 6.07) is 8.51. The van der Waals surface area contributed by atoms with Crippen molar-refractivity contribution in [3.05, 3.63) is 51.5 Å². The fraction of sp³-hybridized carbons (Fsp3) is 0.188. The monoisotopic (exact) mass is 409 g/mol. The van der Waals surface area contributed by atoms with E-state index < -0.39 is 18.6 Å². The van der Waals surface area contributed by atoms with Crippen molar-refractivity contribution in [3.63, 3.8) is 0 Å². The van der Waals surface area contributed by atoms with Crippen LogP contribution in [0.15, 0.2) is 36.4 Å². The highest BCUT2D eigenvalue weighted by Gasteiger charge is 2.17. The van der Waals surface area contributed by atoms with Crippen molar-refractivity contribution in [2.24, 2.45) is 0 Å². The van der Waals surface area contributed by atoms with Gasteiger partial charge < -0.3 is 14.8 Å². The average Bonchev–Trinajstić information content (AvgIpc) is 2.52. The molecule has 0 saturated carbocycles. The molecule has 0 bridgehead atoms. The molecule has 0 heterocycles.